The molecular weight excluding hydrogens is 224 g/mol. The summed E-state index contributed by atoms with van der Waals surface area (Å²) in [6.45, 7) is 0. The Balaban J connectivity index is 2.96. The highest BCUT2D eigenvalue weighted by Crippen LogP contribution is 2.24. The Kier molecular flexibility index (Phi) is 4.92. The zero-order chi connectivity index (χ0) is 12.0. The summed E-state index contributed by atoms with van der Waals surface area (Å²) in [5, 5.41) is 8.53. The highest BCUT2D eigenvalue weighted by molar-refractivity contribution is 7.97. The van der Waals surface area contributed by atoms with Gasteiger partial charge in [0.25, 0.3) is 0 Å². The molecule has 1 aromatic carbocycles. The fraction of sp³-hybridized carbons (Fsp3) is 0.250. The van der Waals surface area contributed by atoms with Crippen molar-refractivity contribution < 1.29 is 14.6 Å². The number of benzene rings is 1. The molecule has 86 valence electrons. The molecule has 0 atom stereocenters. The highest BCUT2D eigenvalue weighted by Gasteiger charge is 2.02. The molecule has 0 saturated carbocycles. The van der Waals surface area contributed by atoms with Crippen molar-refractivity contribution in [3.05, 3.63) is 35.4 Å². The zero-order valence-electron chi connectivity index (χ0n) is 9.27. The molecule has 0 unspecified atom stereocenters. The van der Waals surface area contributed by atoms with Crippen molar-refractivity contribution in [3.8, 4) is 5.75 Å². The van der Waals surface area contributed by atoms with E-state index in [0.717, 1.165) is 28.7 Å². The van der Waals surface area contributed by atoms with Crippen LogP contribution in [-0.4, -0.2) is 24.4 Å². The molecule has 0 bridgehead atoms. The first-order valence-corrected chi connectivity index (χ1v) is 6.13. The molecule has 0 radical (unpaired) electrons. The van der Waals surface area contributed by atoms with Crippen LogP contribution < -0.4 is 4.74 Å². The summed E-state index contributed by atoms with van der Waals surface area (Å²) < 4.78 is 5.22. The number of aliphatic carboxylic acids is 1. The fourth-order valence-electron chi connectivity index (χ4n) is 1.34. The highest BCUT2D eigenvalue weighted by atomic mass is 32.2. The third-order valence-corrected chi connectivity index (χ3v) is 2.62. The van der Waals surface area contributed by atoms with E-state index < -0.39 is 5.97 Å². The first kappa shape index (κ1) is 12.6. The van der Waals surface area contributed by atoms with Crippen LogP contribution in [0.25, 0.3) is 6.08 Å². The normalized spacial score (nSPS) is 10.6. The molecule has 4 heteroatoms. The Morgan fingerprint density at radius 2 is 2.31 bits per heavy atom. The number of thioether (sulfide) groups is 1. The topological polar surface area (TPSA) is 46.5 Å². The third kappa shape index (κ3) is 3.62. The van der Waals surface area contributed by atoms with Crippen molar-refractivity contribution in [2.75, 3.05) is 13.4 Å². The second-order valence-electron chi connectivity index (χ2n) is 3.18. The van der Waals surface area contributed by atoms with Crippen LogP contribution in [0.3, 0.4) is 0 Å². The van der Waals surface area contributed by atoms with Gasteiger partial charge in [0.15, 0.2) is 0 Å². The molecular formula is C12H14O3S. The molecule has 0 aliphatic heterocycles. The summed E-state index contributed by atoms with van der Waals surface area (Å²) in [5.41, 5.74) is 1.94. The molecule has 0 amide bonds. The zero-order valence-corrected chi connectivity index (χ0v) is 10.1. The molecule has 3 nitrogen and oxygen atoms in total. The Hall–Kier alpha value is -1.42. The van der Waals surface area contributed by atoms with E-state index in [1.54, 1.807) is 24.9 Å². The van der Waals surface area contributed by atoms with Crippen LogP contribution in [0.4, 0.5) is 0 Å². The van der Waals surface area contributed by atoms with Gasteiger partial charge in [-0.25, -0.2) is 4.79 Å². The van der Waals surface area contributed by atoms with Crippen LogP contribution in [0.1, 0.15) is 11.1 Å². The lowest BCUT2D eigenvalue weighted by molar-refractivity contribution is -0.131. The summed E-state index contributed by atoms with van der Waals surface area (Å²) >= 11 is 1.70. The van der Waals surface area contributed by atoms with Crippen LogP contribution in [0, 0.1) is 0 Å². The third-order valence-electron chi connectivity index (χ3n) is 2.02. The van der Waals surface area contributed by atoms with Crippen molar-refractivity contribution in [2.24, 2.45) is 0 Å². The van der Waals surface area contributed by atoms with Gasteiger partial charge in [0.2, 0.25) is 0 Å². The van der Waals surface area contributed by atoms with Crippen LogP contribution in [0.5, 0.6) is 5.75 Å². The maximum Gasteiger partial charge on any atom is 0.328 e. The molecule has 0 fully saturated rings. The first-order chi connectivity index (χ1) is 7.67. The number of rotatable bonds is 5. The second kappa shape index (κ2) is 6.23. The minimum Gasteiger partial charge on any atom is -0.496 e. The standard InChI is InChI=1S/C12H14O3S/c1-15-11-5-3-9(4-6-12(13)14)7-10(11)8-16-2/h3-7H,8H2,1-2H3,(H,13,14). The van der Waals surface area contributed by atoms with Crippen LogP contribution in [-0.2, 0) is 10.5 Å². The van der Waals surface area contributed by atoms with E-state index in [1.807, 2.05) is 24.5 Å². The van der Waals surface area contributed by atoms with Gasteiger partial charge >= 0.3 is 5.97 Å². The van der Waals surface area contributed by atoms with Crippen LogP contribution in [0.2, 0.25) is 0 Å². The molecule has 0 saturated heterocycles. The number of carboxylic acid groups (broad SMARTS) is 1. The van der Waals surface area contributed by atoms with E-state index in [-0.39, 0.29) is 0 Å². The van der Waals surface area contributed by atoms with Crippen molar-refractivity contribution in [2.45, 2.75) is 5.75 Å². The monoisotopic (exact) mass is 238 g/mol. The number of hydrogen-bond donors (Lipinski definition) is 1. The Morgan fingerprint density at radius 1 is 1.56 bits per heavy atom. The Morgan fingerprint density at radius 3 is 2.88 bits per heavy atom. The minimum absolute atomic E-state index is 0.835. The number of carbonyl (C=O) groups is 1. The van der Waals surface area contributed by atoms with Crippen molar-refractivity contribution in [1.82, 2.24) is 0 Å². The van der Waals surface area contributed by atoms with Gasteiger partial charge in [-0.15, -0.1) is 0 Å². The lowest BCUT2D eigenvalue weighted by Gasteiger charge is -2.07. The van der Waals surface area contributed by atoms with Crippen molar-refractivity contribution >= 4 is 23.8 Å². The van der Waals surface area contributed by atoms with Gasteiger partial charge in [-0.1, -0.05) is 6.07 Å². The minimum atomic E-state index is -0.942. The molecule has 1 N–H and O–H groups in total. The SMILES string of the molecule is COc1ccc(C=CC(=O)O)cc1CSC. The van der Waals surface area contributed by atoms with E-state index in [9.17, 15) is 4.79 Å². The van der Waals surface area contributed by atoms with Crippen LogP contribution >= 0.6 is 11.8 Å². The van der Waals surface area contributed by atoms with E-state index >= 15 is 0 Å². The summed E-state index contributed by atoms with van der Waals surface area (Å²) in [6, 6.07) is 5.63. The van der Waals surface area contributed by atoms with Gasteiger partial charge in [-0.05, 0) is 30.0 Å². The van der Waals surface area contributed by atoms with E-state index in [0.29, 0.717) is 0 Å². The fourth-order valence-corrected chi connectivity index (χ4v) is 1.87. The number of methoxy groups -OCH3 is 1. The summed E-state index contributed by atoms with van der Waals surface area (Å²) in [4.78, 5) is 10.4. The molecule has 1 aromatic rings. The second-order valence-corrected chi connectivity index (χ2v) is 4.04. The maximum atomic E-state index is 10.4. The quantitative estimate of drug-likeness (QED) is 0.801. The van der Waals surface area contributed by atoms with Gasteiger partial charge in [-0.2, -0.15) is 11.8 Å². The molecule has 16 heavy (non-hydrogen) atoms. The van der Waals surface area contributed by atoms with E-state index in [4.69, 9.17) is 9.84 Å². The number of ether oxygens (including phenoxy) is 1. The summed E-state index contributed by atoms with van der Waals surface area (Å²) in [7, 11) is 1.63. The Bertz CT molecular complexity index is 399. The number of hydrogen-bond acceptors (Lipinski definition) is 3. The Labute approximate surface area is 99.1 Å². The van der Waals surface area contributed by atoms with Crippen molar-refractivity contribution in [1.29, 1.82) is 0 Å². The lowest BCUT2D eigenvalue weighted by Crippen LogP contribution is -1.91. The summed E-state index contributed by atoms with van der Waals surface area (Å²) in [6.07, 6.45) is 4.72. The molecule has 1 rings (SSSR count). The van der Waals surface area contributed by atoms with Gasteiger partial charge in [0.1, 0.15) is 5.75 Å². The first-order valence-electron chi connectivity index (χ1n) is 4.74. The molecule has 0 aliphatic carbocycles. The van der Waals surface area contributed by atoms with Gasteiger partial charge in [-0.3, -0.25) is 0 Å². The molecule has 0 aliphatic rings. The van der Waals surface area contributed by atoms with E-state index in [2.05, 4.69) is 0 Å². The average Bonchev–Trinajstić information content (AvgIpc) is 2.27. The largest absolute Gasteiger partial charge is 0.496 e. The average molecular weight is 238 g/mol. The smallest absolute Gasteiger partial charge is 0.328 e. The summed E-state index contributed by atoms with van der Waals surface area (Å²) in [5.74, 6) is 0.738. The van der Waals surface area contributed by atoms with Crippen LogP contribution in [0.15, 0.2) is 24.3 Å². The molecule has 0 heterocycles. The predicted octanol–water partition coefficient (Wildman–Crippen LogP) is 2.66. The van der Waals surface area contributed by atoms with Gasteiger partial charge < -0.3 is 9.84 Å². The maximum absolute atomic E-state index is 10.4. The van der Waals surface area contributed by atoms with Crippen molar-refractivity contribution in [3.63, 3.8) is 0 Å². The molecule has 0 spiro atoms. The lowest BCUT2D eigenvalue weighted by atomic mass is 10.1. The van der Waals surface area contributed by atoms with Gasteiger partial charge in [0, 0.05) is 17.4 Å². The molecule has 0 aromatic heterocycles. The number of carboxylic acids is 1. The van der Waals surface area contributed by atoms with E-state index in [1.165, 1.54) is 0 Å². The van der Waals surface area contributed by atoms with Gasteiger partial charge in [0.05, 0.1) is 7.11 Å². The predicted molar refractivity (Wildman–Crippen MR) is 66.9 cm³/mol.